The van der Waals surface area contributed by atoms with Crippen molar-refractivity contribution in [3.8, 4) is 0 Å². The average molecular weight is 227 g/mol. The summed E-state index contributed by atoms with van der Waals surface area (Å²) in [5.41, 5.74) is 0.492. The molecule has 16 heavy (non-hydrogen) atoms. The Morgan fingerprint density at radius 2 is 2.06 bits per heavy atom. The number of rotatable bonds is 3. The van der Waals surface area contributed by atoms with Gasteiger partial charge in [0, 0.05) is 6.54 Å². The van der Waals surface area contributed by atoms with Gasteiger partial charge in [0.2, 0.25) is 0 Å². The molecule has 1 saturated heterocycles. The summed E-state index contributed by atoms with van der Waals surface area (Å²) in [6.07, 6.45) is 2.60. The number of hydrogen-bond acceptors (Lipinski definition) is 3. The first-order valence-corrected chi connectivity index (χ1v) is 6.43. The number of nitrogens with one attached hydrogen (secondary N) is 1. The van der Waals surface area contributed by atoms with E-state index in [1.165, 1.54) is 0 Å². The van der Waals surface area contributed by atoms with Gasteiger partial charge < -0.3 is 14.8 Å². The van der Waals surface area contributed by atoms with E-state index in [1.807, 2.05) is 0 Å². The van der Waals surface area contributed by atoms with Crippen LogP contribution in [0.25, 0.3) is 0 Å². The first-order valence-electron chi connectivity index (χ1n) is 6.43. The fourth-order valence-electron chi connectivity index (χ4n) is 3.19. The SMILES string of the molecule is CC(C)OCC1NCCOC12CC(C)(C)C2. The normalized spacial score (nSPS) is 31.7. The van der Waals surface area contributed by atoms with Gasteiger partial charge in [0.1, 0.15) is 0 Å². The first kappa shape index (κ1) is 12.3. The Balaban J connectivity index is 1.93. The Hall–Kier alpha value is -0.120. The van der Waals surface area contributed by atoms with Gasteiger partial charge in [-0.15, -0.1) is 0 Å². The third-order valence-electron chi connectivity index (χ3n) is 3.67. The lowest BCUT2D eigenvalue weighted by Gasteiger charge is -2.58. The predicted octanol–water partition coefficient (Wildman–Crippen LogP) is 1.96. The fourth-order valence-corrected chi connectivity index (χ4v) is 3.19. The zero-order valence-electron chi connectivity index (χ0n) is 11.0. The van der Waals surface area contributed by atoms with Crippen molar-refractivity contribution < 1.29 is 9.47 Å². The topological polar surface area (TPSA) is 30.5 Å². The summed E-state index contributed by atoms with van der Waals surface area (Å²) in [5, 5.41) is 3.56. The summed E-state index contributed by atoms with van der Waals surface area (Å²) in [4.78, 5) is 0. The molecule has 3 heteroatoms. The van der Waals surface area contributed by atoms with E-state index in [2.05, 4.69) is 33.0 Å². The molecule has 0 bridgehead atoms. The minimum atomic E-state index is 0.0522. The maximum absolute atomic E-state index is 6.04. The molecule has 0 aromatic carbocycles. The Morgan fingerprint density at radius 3 is 2.62 bits per heavy atom. The van der Waals surface area contributed by atoms with Crippen LogP contribution in [0.3, 0.4) is 0 Å². The standard InChI is InChI=1S/C13H25NO2/c1-10(2)15-7-11-13(16-6-5-14-11)8-12(3,4)9-13/h10-11,14H,5-9H2,1-4H3. The molecule has 0 radical (unpaired) electrons. The first-order chi connectivity index (χ1) is 7.44. The molecule has 0 aromatic rings. The second-order valence-electron chi connectivity index (χ2n) is 6.32. The van der Waals surface area contributed by atoms with E-state index in [1.54, 1.807) is 0 Å². The van der Waals surface area contributed by atoms with Gasteiger partial charge in [-0.25, -0.2) is 0 Å². The van der Waals surface area contributed by atoms with E-state index in [-0.39, 0.29) is 5.60 Å². The predicted molar refractivity (Wildman–Crippen MR) is 64.6 cm³/mol. The van der Waals surface area contributed by atoms with E-state index in [0.717, 1.165) is 32.6 Å². The zero-order valence-corrected chi connectivity index (χ0v) is 11.0. The average Bonchev–Trinajstić information content (AvgIpc) is 2.13. The molecule has 1 aliphatic carbocycles. The highest BCUT2D eigenvalue weighted by Crippen LogP contribution is 2.52. The molecule has 2 rings (SSSR count). The number of ether oxygens (including phenoxy) is 2. The lowest BCUT2D eigenvalue weighted by molar-refractivity contribution is -0.203. The summed E-state index contributed by atoms with van der Waals surface area (Å²) in [6.45, 7) is 11.4. The van der Waals surface area contributed by atoms with Gasteiger partial charge in [-0.05, 0) is 32.1 Å². The maximum atomic E-state index is 6.04. The van der Waals surface area contributed by atoms with E-state index >= 15 is 0 Å². The van der Waals surface area contributed by atoms with Gasteiger partial charge >= 0.3 is 0 Å². The summed E-state index contributed by atoms with van der Waals surface area (Å²) in [5.74, 6) is 0. The van der Waals surface area contributed by atoms with Crippen LogP contribution in [0.2, 0.25) is 0 Å². The molecule has 3 nitrogen and oxygen atoms in total. The Kier molecular flexibility index (Phi) is 3.30. The van der Waals surface area contributed by atoms with Crippen LogP contribution in [-0.2, 0) is 9.47 Å². The highest BCUT2D eigenvalue weighted by Gasteiger charge is 2.55. The lowest BCUT2D eigenvalue weighted by Crippen LogP contribution is -2.67. The number of morpholine rings is 1. The van der Waals surface area contributed by atoms with Gasteiger partial charge in [0.05, 0.1) is 31.0 Å². The van der Waals surface area contributed by atoms with E-state index in [9.17, 15) is 0 Å². The van der Waals surface area contributed by atoms with Crippen LogP contribution in [-0.4, -0.2) is 37.5 Å². The molecule has 2 fully saturated rings. The smallest absolute Gasteiger partial charge is 0.0868 e. The van der Waals surface area contributed by atoms with E-state index in [0.29, 0.717) is 17.6 Å². The van der Waals surface area contributed by atoms with Crippen LogP contribution < -0.4 is 5.32 Å². The van der Waals surface area contributed by atoms with Crippen molar-refractivity contribution in [3.63, 3.8) is 0 Å². The molecule has 1 spiro atoms. The molecule has 1 aliphatic heterocycles. The molecule has 1 atom stereocenters. The molecule has 2 aliphatic rings. The van der Waals surface area contributed by atoms with Crippen LogP contribution in [0.4, 0.5) is 0 Å². The second kappa shape index (κ2) is 4.28. The largest absolute Gasteiger partial charge is 0.377 e. The third kappa shape index (κ3) is 2.41. The minimum absolute atomic E-state index is 0.0522. The summed E-state index contributed by atoms with van der Waals surface area (Å²) in [7, 11) is 0. The highest BCUT2D eigenvalue weighted by atomic mass is 16.5. The monoisotopic (exact) mass is 227 g/mol. The fraction of sp³-hybridized carbons (Fsp3) is 1.00. The quantitative estimate of drug-likeness (QED) is 0.799. The van der Waals surface area contributed by atoms with Crippen molar-refractivity contribution >= 4 is 0 Å². The molecule has 0 amide bonds. The van der Waals surface area contributed by atoms with Crippen LogP contribution in [0.15, 0.2) is 0 Å². The van der Waals surface area contributed by atoms with Gasteiger partial charge in [0.25, 0.3) is 0 Å². The van der Waals surface area contributed by atoms with Gasteiger partial charge in [0.15, 0.2) is 0 Å². The van der Waals surface area contributed by atoms with Gasteiger partial charge in [-0.3, -0.25) is 0 Å². The van der Waals surface area contributed by atoms with Crippen molar-refractivity contribution in [1.82, 2.24) is 5.32 Å². The molecule has 1 unspecified atom stereocenters. The van der Waals surface area contributed by atoms with Crippen molar-refractivity contribution in [2.45, 2.75) is 58.3 Å². The van der Waals surface area contributed by atoms with Crippen molar-refractivity contribution in [2.75, 3.05) is 19.8 Å². The van der Waals surface area contributed by atoms with Crippen molar-refractivity contribution in [1.29, 1.82) is 0 Å². The molecule has 1 heterocycles. The van der Waals surface area contributed by atoms with Crippen LogP contribution in [0.1, 0.15) is 40.5 Å². The molecular weight excluding hydrogens is 202 g/mol. The molecule has 1 N–H and O–H groups in total. The molecule has 94 valence electrons. The Labute approximate surface area is 98.9 Å². The van der Waals surface area contributed by atoms with Crippen LogP contribution >= 0.6 is 0 Å². The molecular formula is C13H25NO2. The Morgan fingerprint density at radius 1 is 1.38 bits per heavy atom. The van der Waals surface area contributed by atoms with Crippen molar-refractivity contribution in [3.05, 3.63) is 0 Å². The zero-order chi connectivity index (χ0) is 11.8. The number of hydrogen-bond donors (Lipinski definition) is 1. The summed E-state index contributed by atoms with van der Waals surface area (Å²) >= 11 is 0. The van der Waals surface area contributed by atoms with Gasteiger partial charge in [-0.2, -0.15) is 0 Å². The molecule has 1 saturated carbocycles. The second-order valence-corrected chi connectivity index (χ2v) is 6.32. The maximum Gasteiger partial charge on any atom is 0.0868 e. The molecule has 0 aromatic heterocycles. The van der Waals surface area contributed by atoms with Gasteiger partial charge in [-0.1, -0.05) is 13.8 Å². The highest BCUT2D eigenvalue weighted by molar-refractivity contribution is 5.09. The van der Waals surface area contributed by atoms with E-state index < -0.39 is 0 Å². The Bertz CT molecular complexity index is 242. The lowest BCUT2D eigenvalue weighted by atomic mass is 9.58. The minimum Gasteiger partial charge on any atom is -0.377 e. The van der Waals surface area contributed by atoms with Crippen LogP contribution in [0.5, 0.6) is 0 Å². The summed E-state index contributed by atoms with van der Waals surface area (Å²) in [6, 6.07) is 0.372. The van der Waals surface area contributed by atoms with Crippen LogP contribution in [0, 0.1) is 5.41 Å². The van der Waals surface area contributed by atoms with E-state index in [4.69, 9.17) is 9.47 Å². The summed E-state index contributed by atoms with van der Waals surface area (Å²) < 4.78 is 11.8. The third-order valence-corrected chi connectivity index (χ3v) is 3.67. The van der Waals surface area contributed by atoms with Crippen molar-refractivity contribution in [2.24, 2.45) is 5.41 Å².